The zero-order valence-electron chi connectivity index (χ0n) is 17.9. The molecule has 0 bridgehead atoms. The molecule has 2 heterocycles. The average Bonchev–Trinajstić information content (AvgIpc) is 3.18. The summed E-state index contributed by atoms with van der Waals surface area (Å²) in [5.41, 5.74) is 5.01. The molecule has 2 N–H and O–H groups in total. The Morgan fingerprint density at radius 3 is 2.58 bits per heavy atom. The monoisotopic (exact) mass is 421 g/mol. The smallest absolute Gasteiger partial charge is 0.319 e. The fourth-order valence-corrected chi connectivity index (χ4v) is 3.89. The average molecular weight is 422 g/mol. The van der Waals surface area contributed by atoms with Crippen molar-refractivity contribution in [3.05, 3.63) is 53.9 Å². The zero-order chi connectivity index (χ0) is 21.6. The first-order valence-electron chi connectivity index (χ1n) is 10.5. The Bertz CT molecular complexity index is 1030. The topological polar surface area (TPSA) is 90.3 Å². The maximum absolute atomic E-state index is 12.4. The number of carbonyl (C=O) groups is 1. The van der Waals surface area contributed by atoms with Crippen molar-refractivity contribution in [2.75, 3.05) is 26.1 Å². The standard InChI is InChI=1S/C23H27N5O3/c1-30-17-13-16(14-18(15-17)31-2)26-23(29)25-11-12-28-21-9-4-3-7-19(21)22(27-28)20-8-5-6-10-24-20/h5-6,8,10,13-15H,3-4,7,9,11-12H2,1-2H3,(H2,25,26,29). The number of methoxy groups -OCH3 is 2. The zero-order valence-corrected chi connectivity index (χ0v) is 17.9. The summed E-state index contributed by atoms with van der Waals surface area (Å²) in [5, 5.41) is 10.6. The number of fused-ring (bicyclic) bond motifs is 1. The van der Waals surface area contributed by atoms with Gasteiger partial charge in [-0.1, -0.05) is 6.07 Å². The van der Waals surface area contributed by atoms with Gasteiger partial charge in [0.25, 0.3) is 0 Å². The van der Waals surface area contributed by atoms with Gasteiger partial charge in [0.15, 0.2) is 0 Å². The molecule has 1 aliphatic rings. The molecule has 0 spiro atoms. The maximum Gasteiger partial charge on any atom is 0.319 e. The Kier molecular flexibility index (Phi) is 6.35. The van der Waals surface area contributed by atoms with Crippen molar-refractivity contribution in [1.29, 1.82) is 0 Å². The van der Waals surface area contributed by atoms with Gasteiger partial charge in [-0.15, -0.1) is 0 Å². The van der Waals surface area contributed by atoms with Crippen LogP contribution in [0, 0.1) is 0 Å². The van der Waals surface area contributed by atoms with Crippen LogP contribution in [0.2, 0.25) is 0 Å². The van der Waals surface area contributed by atoms with Crippen LogP contribution in [0.4, 0.5) is 10.5 Å². The predicted octanol–water partition coefficient (Wildman–Crippen LogP) is 3.66. The Balaban J connectivity index is 1.41. The van der Waals surface area contributed by atoms with E-state index in [-0.39, 0.29) is 6.03 Å². The van der Waals surface area contributed by atoms with Crippen molar-refractivity contribution in [1.82, 2.24) is 20.1 Å². The third kappa shape index (κ3) is 4.79. The van der Waals surface area contributed by atoms with E-state index in [0.717, 1.165) is 30.7 Å². The third-order valence-electron chi connectivity index (χ3n) is 5.38. The summed E-state index contributed by atoms with van der Waals surface area (Å²) in [5.74, 6) is 1.22. The van der Waals surface area contributed by atoms with Crippen molar-refractivity contribution in [3.63, 3.8) is 0 Å². The number of hydrogen-bond acceptors (Lipinski definition) is 5. The predicted molar refractivity (Wildman–Crippen MR) is 119 cm³/mol. The lowest BCUT2D eigenvalue weighted by Crippen LogP contribution is -2.32. The van der Waals surface area contributed by atoms with Gasteiger partial charge in [-0.3, -0.25) is 9.67 Å². The van der Waals surface area contributed by atoms with Crippen LogP contribution in [-0.2, 0) is 19.4 Å². The van der Waals surface area contributed by atoms with Crippen LogP contribution >= 0.6 is 0 Å². The molecule has 1 aromatic carbocycles. The number of anilines is 1. The summed E-state index contributed by atoms with van der Waals surface area (Å²) in [6.45, 7) is 1.06. The van der Waals surface area contributed by atoms with Crippen LogP contribution in [0.15, 0.2) is 42.6 Å². The Hall–Kier alpha value is -3.55. The Labute approximate surface area is 181 Å². The minimum atomic E-state index is -0.290. The summed E-state index contributed by atoms with van der Waals surface area (Å²) >= 11 is 0. The number of rotatable bonds is 7. The van der Waals surface area contributed by atoms with Gasteiger partial charge in [0.1, 0.15) is 17.2 Å². The first-order chi connectivity index (χ1) is 15.2. The van der Waals surface area contributed by atoms with E-state index in [2.05, 4.69) is 15.6 Å². The van der Waals surface area contributed by atoms with E-state index in [0.29, 0.717) is 30.3 Å². The van der Waals surface area contributed by atoms with Gasteiger partial charge in [-0.2, -0.15) is 5.10 Å². The van der Waals surface area contributed by atoms with Crippen LogP contribution in [0.1, 0.15) is 24.1 Å². The fraction of sp³-hybridized carbons (Fsp3) is 0.348. The van der Waals surface area contributed by atoms with Crippen LogP contribution < -0.4 is 20.1 Å². The highest BCUT2D eigenvalue weighted by atomic mass is 16.5. The molecule has 0 saturated heterocycles. The second-order valence-electron chi connectivity index (χ2n) is 7.40. The van der Waals surface area contributed by atoms with E-state index in [1.54, 1.807) is 38.6 Å². The molecule has 2 amide bonds. The number of aromatic nitrogens is 3. The number of carbonyl (C=O) groups excluding carboxylic acids is 1. The van der Waals surface area contributed by atoms with Gasteiger partial charge in [0.05, 0.1) is 26.5 Å². The number of pyridine rings is 1. The SMILES string of the molecule is COc1cc(NC(=O)NCCn2nc(-c3ccccn3)c3c2CCCC3)cc(OC)c1. The minimum absolute atomic E-state index is 0.290. The first kappa shape index (κ1) is 20.7. The number of ether oxygens (including phenoxy) is 2. The second-order valence-corrected chi connectivity index (χ2v) is 7.40. The number of urea groups is 1. The van der Waals surface area contributed by atoms with Crippen LogP contribution in [0.25, 0.3) is 11.4 Å². The fourth-order valence-electron chi connectivity index (χ4n) is 3.89. The molecule has 0 radical (unpaired) electrons. The van der Waals surface area contributed by atoms with Crippen molar-refractivity contribution in [2.45, 2.75) is 32.2 Å². The summed E-state index contributed by atoms with van der Waals surface area (Å²) < 4.78 is 12.5. The number of nitrogens with one attached hydrogen (secondary N) is 2. The van der Waals surface area contributed by atoms with Gasteiger partial charge in [-0.25, -0.2) is 4.79 Å². The number of hydrogen-bond donors (Lipinski definition) is 2. The highest BCUT2D eigenvalue weighted by Gasteiger charge is 2.22. The quantitative estimate of drug-likeness (QED) is 0.608. The van der Waals surface area contributed by atoms with E-state index in [1.165, 1.54) is 17.7 Å². The summed E-state index contributed by atoms with van der Waals surface area (Å²) in [6, 6.07) is 10.8. The minimum Gasteiger partial charge on any atom is -0.497 e. The summed E-state index contributed by atoms with van der Waals surface area (Å²) in [7, 11) is 3.14. The largest absolute Gasteiger partial charge is 0.497 e. The lowest BCUT2D eigenvalue weighted by atomic mass is 9.95. The number of nitrogens with zero attached hydrogens (tertiary/aromatic N) is 3. The molecule has 31 heavy (non-hydrogen) atoms. The molecule has 0 saturated carbocycles. The lowest BCUT2D eigenvalue weighted by Gasteiger charge is -2.15. The number of amides is 2. The van der Waals surface area contributed by atoms with Crippen LogP contribution in [0.3, 0.4) is 0 Å². The summed E-state index contributed by atoms with van der Waals surface area (Å²) in [6.07, 6.45) is 6.15. The van der Waals surface area contributed by atoms with Crippen LogP contribution in [-0.4, -0.2) is 41.6 Å². The molecule has 0 fully saturated rings. The molecular weight excluding hydrogens is 394 g/mol. The highest BCUT2D eigenvalue weighted by molar-refractivity contribution is 5.89. The van der Waals surface area contributed by atoms with Gasteiger partial charge >= 0.3 is 6.03 Å². The van der Waals surface area contributed by atoms with Gasteiger partial charge < -0.3 is 20.1 Å². The third-order valence-corrected chi connectivity index (χ3v) is 5.38. The van der Waals surface area contributed by atoms with E-state index >= 15 is 0 Å². The molecule has 162 valence electrons. The van der Waals surface area contributed by atoms with E-state index in [1.807, 2.05) is 22.9 Å². The second kappa shape index (κ2) is 9.51. The molecule has 0 unspecified atom stereocenters. The van der Waals surface area contributed by atoms with E-state index < -0.39 is 0 Å². The molecule has 0 aliphatic heterocycles. The highest BCUT2D eigenvalue weighted by Crippen LogP contribution is 2.30. The molecular formula is C23H27N5O3. The van der Waals surface area contributed by atoms with E-state index in [9.17, 15) is 4.79 Å². The van der Waals surface area contributed by atoms with Gasteiger partial charge in [0.2, 0.25) is 0 Å². The van der Waals surface area contributed by atoms with Crippen LogP contribution in [0.5, 0.6) is 11.5 Å². The normalized spacial score (nSPS) is 12.7. The lowest BCUT2D eigenvalue weighted by molar-refractivity contribution is 0.251. The van der Waals surface area contributed by atoms with Gasteiger partial charge in [0, 0.05) is 47.9 Å². The molecule has 0 atom stereocenters. The first-order valence-corrected chi connectivity index (χ1v) is 10.5. The van der Waals surface area contributed by atoms with Gasteiger partial charge in [-0.05, 0) is 37.8 Å². The van der Waals surface area contributed by atoms with E-state index in [4.69, 9.17) is 14.6 Å². The number of benzene rings is 1. The van der Waals surface area contributed by atoms with Crippen molar-refractivity contribution < 1.29 is 14.3 Å². The molecule has 1 aliphatic carbocycles. The van der Waals surface area contributed by atoms with Crippen molar-refractivity contribution >= 4 is 11.7 Å². The molecule has 4 rings (SSSR count). The Morgan fingerprint density at radius 1 is 1.10 bits per heavy atom. The molecule has 2 aromatic heterocycles. The molecule has 8 heteroatoms. The molecule has 8 nitrogen and oxygen atoms in total. The maximum atomic E-state index is 12.4. The summed E-state index contributed by atoms with van der Waals surface area (Å²) in [4.78, 5) is 16.9. The van der Waals surface area contributed by atoms with Crippen molar-refractivity contribution in [3.8, 4) is 22.9 Å². The van der Waals surface area contributed by atoms with Crippen molar-refractivity contribution in [2.24, 2.45) is 0 Å². The molecule has 3 aromatic rings. The Morgan fingerprint density at radius 2 is 1.87 bits per heavy atom.